The van der Waals surface area contributed by atoms with Crippen LogP contribution in [0, 0.1) is 0 Å². The van der Waals surface area contributed by atoms with Gasteiger partial charge in [-0.05, 0) is 20.8 Å². The predicted molar refractivity (Wildman–Crippen MR) is 77.5 cm³/mol. The van der Waals surface area contributed by atoms with Crippen LogP contribution in [0.1, 0.15) is 27.7 Å². The van der Waals surface area contributed by atoms with Gasteiger partial charge in [0, 0.05) is 18.2 Å². The van der Waals surface area contributed by atoms with E-state index in [-0.39, 0.29) is 12.3 Å². The smallest absolute Gasteiger partial charge is 0.355 e. The summed E-state index contributed by atoms with van der Waals surface area (Å²) >= 11 is 1.20. The minimum absolute atomic E-state index is 0.00109. The van der Waals surface area contributed by atoms with Crippen LogP contribution in [-0.2, 0) is 23.9 Å². The molecule has 0 saturated carbocycles. The molecule has 2 aliphatic rings. The van der Waals surface area contributed by atoms with E-state index in [1.807, 2.05) is 0 Å². The summed E-state index contributed by atoms with van der Waals surface area (Å²) < 4.78 is 23.8. The van der Waals surface area contributed by atoms with Gasteiger partial charge < -0.3 is 9.47 Å². The number of alkyl halides is 1. The van der Waals surface area contributed by atoms with E-state index in [0.717, 1.165) is 4.90 Å². The lowest BCUT2D eigenvalue weighted by Crippen LogP contribution is -2.63. The van der Waals surface area contributed by atoms with E-state index in [1.165, 1.54) is 18.7 Å². The van der Waals surface area contributed by atoms with Crippen molar-refractivity contribution in [1.82, 2.24) is 4.90 Å². The summed E-state index contributed by atoms with van der Waals surface area (Å²) in [7, 11) is 0. The Bertz CT molecular complexity index is 554. The second-order valence-electron chi connectivity index (χ2n) is 6.05. The van der Waals surface area contributed by atoms with Crippen molar-refractivity contribution in [3.05, 3.63) is 11.3 Å². The second-order valence-corrected chi connectivity index (χ2v) is 7.15. The largest absolute Gasteiger partial charge is 0.461 e. The Morgan fingerprint density at radius 1 is 1.41 bits per heavy atom. The highest BCUT2D eigenvalue weighted by molar-refractivity contribution is 8.00. The van der Waals surface area contributed by atoms with Crippen LogP contribution in [0.4, 0.5) is 4.39 Å². The molecule has 0 radical (unpaired) electrons. The molecule has 2 unspecified atom stereocenters. The standard InChI is InChI=1S/C14H18FNO5S/c1-7(17)20-5-8-6-22-12-9(15)11(18)16(12)10(8)13(19)21-14(2,3)4/h9,12H,5-6H2,1-4H3. The van der Waals surface area contributed by atoms with Gasteiger partial charge in [-0.2, -0.15) is 0 Å². The molecule has 0 N–H and O–H groups in total. The predicted octanol–water partition coefficient (Wildman–Crippen LogP) is 1.40. The molecule has 1 saturated heterocycles. The molecule has 0 bridgehead atoms. The van der Waals surface area contributed by atoms with Gasteiger partial charge in [0.05, 0.1) is 0 Å². The number of carbonyl (C=O) groups excluding carboxylic acids is 3. The lowest BCUT2D eigenvalue weighted by molar-refractivity contribution is -0.161. The second kappa shape index (κ2) is 5.91. The fraction of sp³-hybridized carbons (Fsp3) is 0.643. The number of ether oxygens (including phenoxy) is 2. The zero-order valence-corrected chi connectivity index (χ0v) is 13.7. The van der Waals surface area contributed by atoms with Crippen LogP contribution in [0.3, 0.4) is 0 Å². The van der Waals surface area contributed by atoms with E-state index < -0.39 is 35.0 Å². The summed E-state index contributed by atoms with van der Waals surface area (Å²) in [6.45, 7) is 6.22. The van der Waals surface area contributed by atoms with Gasteiger partial charge in [-0.1, -0.05) is 0 Å². The number of fused-ring (bicyclic) bond motifs is 1. The quantitative estimate of drug-likeness (QED) is 0.575. The normalized spacial score (nSPS) is 24.6. The van der Waals surface area contributed by atoms with Crippen molar-refractivity contribution in [2.24, 2.45) is 0 Å². The molecule has 2 heterocycles. The summed E-state index contributed by atoms with van der Waals surface area (Å²) in [5.41, 5.74) is -0.301. The summed E-state index contributed by atoms with van der Waals surface area (Å²) in [5, 5.41) is -0.712. The first-order chi connectivity index (χ1) is 10.1. The van der Waals surface area contributed by atoms with Gasteiger partial charge in [0.1, 0.15) is 23.3 Å². The van der Waals surface area contributed by atoms with Gasteiger partial charge in [0.2, 0.25) is 6.17 Å². The van der Waals surface area contributed by atoms with E-state index in [9.17, 15) is 18.8 Å². The fourth-order valence-electron chi connectivity index (χ4n) is 2.12. The lowest BCUT2D eigenvalue weighted by atomic mass is 10.1. The van der Waals surface area contributed by atoms with E-state index in [4.69, 9.17) is 9.47 Å². The van der Waals surface area contributed by atoms with Crippen LogP contribution >= 0.6 is 11.8 Å². The maximum atomic E-state index is 13.6. The molecule has 2 atom stereocenters. The van der Waals surface area contributed by atoms with E-state index in [2.05, 4.69) is 0 Å². The first-order valence-corrected chi connectivity index (χ1v) is 7.84. The van der Waals surface area contributed by atoms with Crippen LogP contribution in [0.5, 0.6) is 0 Å². The third kappa shape index (κ3) is 3.26. The molecule has 8 heteroatoms. The third-order valence-corrected chi connectivity index (χ3v) is 4.33. The number of thioether (sulfide) groups is 1. The Hall–Kier alpha value is -1.57. The topological polar surface area (TPSA) is 72.9 Å². The highest BCUT2D eigenvalue weighted by atomic mass is 32.2. The highest BCUT2D eigenvalue weighted by Gasteiger charge is 2.54. The van der Waals surface area contributed by atoms with Gasteiger partial charge >= 0.3 is 11.9 Å². The van der Waals surface area contributed by atoms with Crippen molar-refractivity contribution in [3.63, 3.8) is 0 Å². The zero-order chi connectivity index (χ0) is 16.7. The first-order valence-electron chi connectivity index (χ1n) is 6.79. The van der Waals surface area contributed by atoms with Crippen LogP contribution in [0.15, 0.2) is 11.3 Å². The van der Waals surface area contributed by atoms with Crippen LogP contribution < -0.4 is 0 Å². The highest BCUT2D eigenvalue weighted by Crippen LogP contribution is 2.42. The zero-order valence-electron chi connectivity index (χ0n) is 12.8. The molecule has 0 spiro atoms. The summed E-state index contributed by atoms with van der Waals surface area (Å²) in [4.78, 5) is 36.2. The SMILES string of the molecule is CC(=O)OCC1=C(C(=O)OC(C)(C)C)N2C(=O)C(F)C2SC1. The molecule has 0 aromatic rings. The number of rotatable bonds is 3. The van der Waals surface area contributed by atoms with Gasteiger partial charge in [-0.15, -0.1) is 11.8 Å². The minimum atomic E-state index is -1.61. The molecule has 0 aliphatic carbocycles. The monoisotopic (exact) mass is 331 g/mol. The Morgan fingerprint density at radius 3 is 2.59 bits per heavy atom. The maximum absolute atomic E-state index is 13.6. The molecule has 0 aromatic heterocycles. The number of carbonyl (C=O) groups is 3. The molecule has 1 fully saturated rings. The Morgan fingerprint density at radius 2 is 2.05 bits per heavy atom. The average molecular weight is 331 g/mol. The lowest BCUT2D eigenvalue weighted by Gasteiger charge is -2.46. The van der Waals surface area contributed by atoms with Crippen molar-refractivity contribution < 1.29 is 28.2 Å². The Balaban J connectivity index is 2.30. The van der Waals surface area contributed by atoms with Crippen LogP contribution in [0.25, 0.3) is 0 Å². The number of hydrogen-bond donors (Lipinski definition) is 0. The van der Waals surface area contributed by atoms with E-state index in [0.29, 0.717) is 11.3 Å². The number of esters is 2. The number of halogens is 1. The molecule has 0 aromatic carbocycles. The van der Waals surface area contributed by atoms with Gasteiger partial charge in [0.15, 0.2) is 0 Å². The first kappa shape index (κ1) is 16.8. The summed E-state index contributed by atoms with van der Waals surface area (Å²) in [6.07, 6.45) is -1.61. The summed E-state index contributed by atoms with van der Waals surface area (Å²) in [6, 6.07) is 0. The Labute approximate surface area is 132 Å². The fourth-order valence-corrected chi connectivity index (χ4v) is 3.35. The minimum Gasteiger partial charge on any atom is -0.461 e. The van der Waals surface area contributed by atoms with Gasteiger partial charge in [-0.3, -0.25) is 14.5 Å². The molecule has 1 amide bonds. The van der Waals surface area contributed by atoms with E-state index in [1.54, 1.807) is 20.8 Å². The van der Waals surface area contributed by atoms with Gasteiger partial charge in [-0.25, -0.2) is 9.18 Å². The number of β-lactam (4-membered cyclic amide) rings is 1. The van der Waals surface area contributed by atoms with Crippen molar-refractivity contribution in [2.75, 3.05) is 12.4 Å². The van der Waals surface area contributed by atoms with Crippen LogP contribution in [-0.4, -0.2) is 52.3 Å². The molecule has 2 rings (SSSR count). The molecule has 2 aliphatic heterocycles. The maximum Gasteiger partial charge on any atom is 0.355 e. The number of nitrogens with zero attached hydrogens (tertiary/aromatic N) is 1. The summed E-state index contributed by atoms with van der Waals surface area (Å²) in [5.74, 6) is -1.67. The molecular weight excluding hydrogens is 313 g/mol. The van der Waals surface area contributed by atoms with Crippen molar-refractivity contribution >= 4 is 29.6 Å². The van der Waals surface area contributed by atoms with Gasteiger partial charge in [0.25, 0.3) is 5.91 Å². The Kier molecular flexibility index (Phi) is 4.51. The van der Waals surface area contributed by atoms with Crippen molar-refractivity contribution in [2.45, 2.75) is 44.8 Å². The van der Waals surface area contributed by atoms with E-state index >= 15 is 0 Å². The van der Waals surface area contributed by atoms with Crippen molar-refractivity contribution in [1.29, 1.82) is 0 Å². The molecular formula is C14H18FNO5S. The van der Waals surface area contributed by atoms with Crippen LogP contribution in [0.2, 0.25) is 0 Å². The molecule has 6 nitrogen and oxygen atoms in total. The van der Waals surface area contributed by atoms with Crippen molar-refractivity contribution in [3.8, 4) is 0 Å². The average Bonchev–Trinajstić information content (AvgIpc) is 2.41. The number of amides is 1. The third-order valence-electron chi connectivity index (χ3n) is 3.02. The number of hydrogen-bond acceptors (Lipinski definition) is 6. The molecule has 122 valence electrons. The molecule has 22 heavy (non-hydrogen) atoms.